The van der Waals surface area contributed by atoms with Crippen LogP contribution in [-0.4, -0.2) is 53.3 Å². The number of amides is 1. The van der Waals surface area contributed by atoms with Crippen molar-refractivity contribution >= 4 is 33.5 Å². The van der Waals surface area contributed by atoms with Crippen molar-refractivity contribution in [2.45, 2.75) is 4.90 Å². The molecule has 0 saturated carbocycles. The van der Waals surface area contributed by atoms with Crippen LogP contribution in [0.25, 0.3) is 0 Å². The van der Waals surface area contributed by atoms with Crippen LogP contribution in [0.15, 0.2) is 23.1 Å². The lowest BCUT2D eigenvalue weighted by Gasteiger charge is -2.12. The largest absolute Gasteiger partial charge is 0.288 e. The van der Waals surface area contributed by atoms with Crippen LogP contribution in [0, 0.1) is 0 Å². The summed E-state index contributed by atoms with van der Waals surface area (Å²) in [6, 6.07) is 3.85. The fourth-order valence-electron chi connectivity index (χ4n) is 1.43. The van der Waals surface area contributed by atoms with Gasteiger partial charge in [-0.25, -0.2) is 12.7 Å². The number of rotatable bonds is 4. The zero-order valence-electron chi connectivity index (χ0n) is 11.0. The van der Waals surface area contributed by atoms with Crippen LogP contribution >= 0.6 is 11.6 Å². The van der Waals surface area contributed by atoms with E-state index < -0.39 is 15.9 Å². The Bertz CT molecular complexity index is 759. The number of halogens is 1. The van der Waals surface area contributed by atoms with Crippen LogP contribution in [0.4, 0.5) is 5.95 Å². The van der Waals surface area contributed by atoms with E-state index in [0.717, 1.165) is 4.31 Å². The molecule has 0 saturated heterocycles. The van der Waals surface area contributed by atoms with E-state index in [0.29, 0.717) is 0 Å². The van der Waals surface area contributed by atoms with E-state index in [-0.39, 0.29) is 21.4 Å². The number of nitrogens with one attached hydrogen (secondary N) is 2. The van der Waals surface area contributed by atoms with Crippen LogP contribution in [0.3, 0.4) is 0 Å². The Labute approximate surface area is 125 Å². The third kappa shape index (κ3) is 3.17. The number of benzene rings is 1. The summed E-state index contributed by atoms with van der Waals surface area (Å²) in [6.07, 6.45) is 0. The first-order chi connectivity index (χ1) is 9.82. The number of aromatic nitrogens is 4. The molecular weight excluding hydrogens is 320 g/mol. The second-order valence-electron chi connectivity index (χ2n) is 4.12. The van der Waals surface area contributed by atoms with Crippen LogP contribution in [-0.2, 0) is 10.0 Å². The van der Waals surface area contributed by atoms with Crippen LogP contribution in [0.5, 0.6) is 0 Å². The Morgan fingerprint density at radius 1 is 1.38 bits per heavy atom. The highest BCUT2D eigenvalue weighted by molar-refractivity contribution is 7.89. The van der Waals surface area contributed by atoms with Crippen molar-refractivity contribution in [3.63, 3.8) is 0 Å². The monoisotopic (exact) mass is 330 g/mol. The van der Waals surface area contributed by atoms with Crippen LogP contribution in [0.2, 0.25) is 5.02 Å². The molecule has 9 nitrogen and oxygen atoms in total. The average Bonchev–Trinajstić information content (AvgIpc) is 2.91. The summed E-state index contributed by atoms with van der Waals surface area (Å²) in [5.41, 5.74) is -0.00982. The minimum atomic E-state index is -3.67. The number of hydrogen-bond donors (Lipinski definition) is 2. The number of carbonyl (C=O) groups excluding carboxylic acids is 1. The predicted octanol–water partition coefficient (Wildman–Crippen LogP) is 0.356. The number of sulfonamides is 1. The normalized spacial score (nSPS) is 11.6. The molecule has 0 aliphatic heterocycles. The van der Waals surface area contributed by atoms with Gasteiger partial charge in [0.15, 0.2) is 0 Å². The van der Waals surface area contributed by atoms with E-state index in [1.165, 1.54) is 32.3 Å². The van der Waals surface area contributed by atoms with E-state index in [1.807, 2.05) is 0 Å². The molecule has 1 aromatic carbocycles. The first kappa shape index (κ1) is 15.4. The molecule has 0 atom stereocenters. The molecule has 0 unspecified atom stereocenters. The van der Waals surface area contributed by atoms with E-state index >= 15 is 0 Å². The first-order valence-corrected chi connectivity index (χ1v) is 7.41. The number of tetrazole rings is 1. The minimum absolute atomic E-state index is 0.00982. The molecule has 2 rings (SSSR count). The molecule has 0 spiro atoms. The molecular formula is C10H11ClN6O3S. The zero-order valence-corrected chi connectivity index (χ0v) is 12.6. The molecule has 112 valence electrons. The molecule has 0 radical (unpaired) electrons. The molecule has 1 heterocycles. The summed E-state index contributed by atoms with van der Waals surface area (Å²) < 4.78 is 25.1. The lowest BCUT2D eigenvalue weighted by Crippen LogP contribution is -2.23. The van der Waals surface area contributed by atoms with Gasteiger partial charge in [0.2, 0.25) is 10.0 Å². The predicted molar refractivity (Wildman–Crippen MR) is 74.5 cm³/mol. The Hall–Kier alpha value is -2.04. The standard InChI is InChI=1S/C10H11ClN6O3S/c1-17(2)21(19,20)6-3-4-8(11)7(5-6)9(18)12-10-13-15-16-14-10/h3-5H,1-2H3,(H2,12,13,14,15,16,18). The van der Waals surface area contributed by atoms with Crippen molar-refractivity contribution in [2.75, 3.05) is 19.4 Å². The third-order valence-corrected chi connectivity index (χ3v) is 4.67. The van der Waals surface area contributed by atoms with Gasteiger partial charge < -0.3 is 0 Å². The van der Waals surface area contributed by atoms with Gasteiger partial charge in [-0.05, 0) is 23.4 Å². The minimum Gasteiger partial charge on any atom is -0.288 e. The highest BCUT2D eigenvalue weighted by atomic mass is 35.5. The van der Waals surface area contributed by atoms with Crippen molar-refractivity contribution in [3.05, 3.63) is 28.8 Å². The van der Waals surface area contributed by atoms with Crippen molar-refractivity contribution in [1.29, 1.82) is 0 Å². The quantitative estimate of drug-likeness (QED) is 0.834. The maximum absolute atomic E-state index is 12.1. The number of carbonyl (C=O) groups is 1. The third-order valence-electron chi connectivity index (χ3n) is 2.53. The summed E-state index contributed by atoms with van der Waals surface area (Å²) in [4.78, 5) is 12.0. The summed E-state index contributed by atoms with van der Waals surface area (Å²) in [6.45, 7) is 0. The van der Waals surface area contributed by atoms with Gasteiger partial charge in [-0.3, -0.25) is 10.1 Å². The van der Waals surface area contributed by atoms with Crippen molar-refractivity contribution in [1.82, 2.24) is 24.9 Å². The first-order valence-electron chi connectivity index (χ1n) is 5.59. The Balaban J connectivity index is 2.38. The summed E-state index contributed by atoms with van der Waals surface area (Å²) in [5, 5.41) is 15.0. The molecule has 0 aliphatic carbocycles. The number of aromatic amines is 1. The van der Waals surface area contributed by atoms with Gasteiger partial charge in [0.05, 0.1) is 15.5 Å². The molecule has 21 heavy (non-hydrogen) atoms. The molecule has 2 N–H and O–H groups in total. The fraction of sp³-hybridized carbons (Fsp3) is 0.200. The van der Waals surface area contributed by atoms with Gasteiger partial charge in [0.25, 0.3) is 11.9 Å². The lowest BCUT2D eigenvalue weighted by molar-refractivity contribution is 0.102. The molecule has 1 amide bonds. The van der Waals surface area contributed by atoms with Crippen LogP contribution in [0.1, 0.15) is 10.4 Å². The molecule has 0 bridgehead atoms. The van der Waals surface area contributed by atoms with E-state index in [9.17, 15) is 13.2 Å². The SMILES string of the molecule is CN(C)S(=O)(=O)c1ccc(Cl)c(C(=O)Nc2nn[nH]n2)c1. The van der Waals surface area contributed by atoms with Gasteiger partial charge in [-0.15, -0.1) is 5.10 Å². The molecule has 1 aromatic heterocycles. The number of hydrogen-bond acceptors (Lipinski definition) is 6. The summed E-state index contributed by atoms with van der Waals surface area (Å²) in [7, 11) is -0.883. The van der Waals surface area contributed by atoms with Crippen molar-refractivity contribution in [2.24, 2.45) is 0 Å². The smallest absolute Gasteiger partial charge is 0.270 e. The second kappa shape index (κ2) is 5.76. The highest BCUT2D eigenvalue weighted by Crippen LogP contribution is 2.22. The second-order valence-corrected chi connectivity index (χ2v) is 6.68. The van der Waals surface area contributed by atoms with E-state index in [4.69, 9.17) is 11.6 Å². The fourth-order valence-corrected chi connectivity index (χ4v) is 2.57. The highest BCUT2D eigenvalue weighted by Gasteiger charge is 2.21. The van der Waals surface area contributed by atoms with Crippen LogP contribution < -0.4 is 5.32 Å². The topological polar surface area (TPSA) is 121 Å². The van der Waals surface area contributed by atoms with Gasteiger partial charge >= 0.3 is 0 Å². The Morgan fingerprint density at radius 2 is 2.10 bits per heavy atom. The zero-order chi connectivity index (χ0) is 15.6. The molecule has 11 heteroatoms. The number of nitrogens with zero attached hydrogens (tertiary/aromatic N) is 4. The van der Waals surface area contributed by atoms with Gasteiger partial charge in [0.1, 0.15) is 0 Å². The molecule has 2 aromatic rings. The van der Waals surface area contributed by atoms with E-state index in [2.05, 4.69) is 25.9 Å². The Morgan fingerprint density at radius 3 is 2.67 bits per heavy atom. The average molecular weight is 331 g/mol. The Kier molecular flexibility index (Phi) is 4.21. The number of H-pyrrole nitrogens is 1. The van der Waals surface area contributed by atoms with Gasteiger partial charge in [-0.1, -0.05) is 16.7 Å². The van der Waals surface area contributed by atoms with Crippen molar-refractivity contribution < 1.29 is 13.2 Å². The van der Waals surface area contributed by atoms with Crippen molar-refractivity contribution in [3.8, 4) is 0 Å². The number of anilines is 1. The van der Waals surface area contributed by atoms with Gasteiger partial charge in [0, 0.05) is 14.1 Å². The maximum Gasteiger partial charge on any atom is 0.270 e. The van der Waals surface area contributed by atoms with Gasteiger partial charge in [-0.2, -0.15) is 5.21 Å². The molecule has 0 aliphatic rings. The molecule has 0 fully saturated rings. The van der Waals surface area contributed by atoms with E-state index in [1.54, 1.807) is 0 Å². The summed E-state index contributed by atoms with van der Waals surface area (Å²) in [5.74, 6) is -0.686. The lowest BCUT2D eigenvalue weighted by atomic mass is 10.2. The summed E-state index contributed by atoms with van der Waals surface area (Å²) >= 11 is 5.93. The maximum atomic E-state index is 12.1.